The van der Waals surface area contributed by atoms with Gasteiger partial charge in [-0.25, -0.2) is 13.2 Å². The number of benzene rings is 1. The predicted molar refractivity (Wildman–Crippen MR) is 96.3 cm³/mol. The lowest BCUT2D eigenvalue weighted by atomic mass is 10.3. The Kier molecular flexibility index (Phi) is 6.41. The van der Waals surface area contributed by atoms with Crippen LogP contribution in [0.4, 0.5) is 10.8 Å². The molecule has 1 aromatic carbocycles. The van der Waals surface area contributed by atoms with E-state index in [1.54, 1.807) is 0 Å². The first-order valence-corrected chi connectivity index (χ1v) is 9.66. The highest BCUT2D eigenvalue weighted by Crippen LogP contribution is 2.21. The number of methoxy groups -OCH3 is 1. The summed E-state index contributed by atoms with van der Waals surface area (Å²) in [5.41, 5.74) is 0.368. The number of nitrogens with zero attached hydrogens (tertiary/aromatic N) is 2. The first kappa shape index (κ1) is 19.5. The molecule has 2 N–H and O–H groups in total. The summed E-state index contributed by atoms with van der Waals surface area (Å²) in [5, 5.41) is 11.0. The number of sulfonamides is 1. The summed E-state index contributed by atoms with van der Waals surface area (Å²) in [7, 11) is -2.61. The Morgan fingerprint density at radius 2 is 1.88 bits per heavy atom. The fraction of sp³-hybridized carbons (Fsp3) is 0.200. The molecule has 1 heterocycles. The predicted octanol–water partition coefficient (Wildman–Crippen LogP) is 1.57. The number of ether oxygens (including phenoxy) is 1. The molecule has 0 saturated carbocycles. The van der Waals surface area contributed by atoms with Crippen LogP contribution in [0.1, 0.15) is 11.9 Å². The van der Waals surface area contributed by atoms with Crippen LogP contribution in [0.3, 0.4) is 0 Å². The van der Waals surface area contributed by atoms with Crippen molar-refractivity contribution in [2.24, 2.45) is 0 Å². The van der Waals surface area contributed by atoms with Crippen molar-refractivity contribution >= 4 is 44.1 Å². The van der Waals surface area contributed by atoms with Crippen LogP contribution in [0.5, 0.6) is 0 Å². The van der Waals surface area contributed by atoms with Gasteiger partial charge in [0.25, 0.3) is 10.0 Å². The number of hydrogen-bond donors (Lipinski definition) is 2. The van der Waals surface area contributed by atoms with Gasteiger partial charge >= 0.3 is 5.97 Å². The molecule has 0 spiro atoms. The molecule has 0 aliphatic rings. The average molecular weight is 396 g/mol. The summed E-state index contributed by atoms with van der Waals surface area (Å²) < 4.78 is 31.4. The smallest absolute Gasteiger partial charge is 0.330 e. The van der Waals surface area contributed by atoms with Gasteiger partial charge in [-0.15, -0.1) is 10.2 Å². The lowest BCUT2D eigenvalue weighted by Gasteiger charge is -2.06. The SMILES string of the molecule is CCc1nnc(NS(=O)(=O)c2ccc(NC(=O)C=CC(=O)OC)cc2)s1. The Morgan fingerprint density at radius 3 is 2.46 bits per heavy atom. The van der Waals surface area contributed by atoms with Crippen molar-refractivity contribution in [1.29, 1.82) is 0 Å². The molecule has 2 aromatic rings. The molecule has 0 radical (unpaired) electrons. The molecule has 1 amide bonds. The molecule has 0 aliphatic heterocycles. The number of aromatic nitrogens is 2. The number of rotatable bonds is 7. The van der Waals surface area contributed by atoms with E-state index in [0.717, 1.165) is 28.5 Å². The molecule has 0 atom stereocenters. The molecule has 0 saturated heterocycles. The van der Waals surface area contributed by atoms with Gasteiger partial charge in [0, 0.05) is 17.8 Å². The number of carbonyl (C=O) groups is 2. The number of anilines is 2. The molecule has 26 heavy (non-hydrogen) atoms. The molecule has 0 aliphatic carbocycles. The van der Waals surface area contributed by atoms with Crippen LogP contribution >= 0.6 is 11.3 Å². The molecule has 138 valence electrons. The van der Waals surface area contributed by atoms with Gasteiger partial charge in [-0.2, -0.15) is 0 Å². The van der Waals surface area contributed by atoms with E-state index in [1.165, 1.54) is 31.4 Å². The van der Waals surface area contributed by atoms with Crippen molar-refractivity contribution in [2.45, 2.75) is 18.2 Å². The summed E-state index contributed by atoms with van der Waals surface area (Å²) >= 11 is 1.16. The zero-order chi connectivity index (χ0) is 19.2. The van der Waals surface area contributed by atoms with Crippen LogP contribution in [0.15, 0.2) is 41.3 Å². The molecule has 0 unspecified atom stereocenters. The highest BCUT2D eigenvalue weighted by Gasteiger charge is 2.16. The largest absolute Gasteiger partial charge is 0.466 e. The van der Waals surface area contributed by atoms with Crippen LogP contribution in [-0.4, -0.2) is 37.6 Å². The fourth-order valence-electron chi connectivity index (χ4n) is 1.72. The molecular weight excluding hydrogens is 380 g/mol. The third kappa shape index (κ3) is 5.36. The molecule has 0 bridgehead atoms. The van der Waals surface area contributed by atoms with Crippen LogP contribution in [-0.2, 0) is 30.8 Å². The summed E-state index contributed by atoms with van der Waals surface area (Å²) in [5.74, 6) is -1.21. The van der Waals surface area contributed by atoms with Crippen molar-refractivity contribution in [3.63, 3.8) is 0 Å². The first-order valence-electron chi connectivity index (χ1n) is 7.36. The Balaban J connectivity index is 2.04. The van der Waals surface area contributed by atoms with E-state index in [0.29, 0.717) is 12.1 Å². The second-order valence-corrected chi connectivity index (χ2v) is 7.57. The highest BCUT2D eigenvalue weighted by molar-refractivity contribution is 7.93. The van der Waals surface area contributed by atoms with Gasteiger partial charge in [-0.1, -0.05) is 18.3 Å². The van der Waals surface area contributed by atoms with E-state index in [9.17, 15) is 18.0 Å². The van der Waals surface area contributed by atoms with E-state index in [4.69, 9.17) is 0 Å². The second-order valence-electron chi connectivity index (χ2n) is 4.83. The summed E-state index contributed by atoms with van der Waals surface area (Å²) in [6.07, 6.45) is 2.65. The van der Waals surface area contributed by atoms with Gasteiger partial charge < -0.3 is 10.1 Å². The zero-order valence-corrected chi connectivity index (χ0v) is 15.6. The lowest BCUT2D eigenvalue weighted by Crippen LogP contribution is -2.13. The molecule has 2 rings (SSSR count). The Hall–Kier alpha value is -2.79. The van der Waals surface area contributed by atoms with E-state index < -0.39 is 21.9 Å². The van der Waals surface area contributed by atoms with E-state index in [1.807, 2.05) is 6.92 Å². The quantitative estimate of drug-likeness (QED) is 0.537. The molecule has 1 aromatic heterocycles. The minimum Gasteiger partial charge on any atom is -0.466 e. The second kappa shape index (κ2) is 8.54. The van der Waals surface area contributed by atoms with E-state index in [2.05, 4.69) is 25.0 Å². The zero-order valence-electron chi connectivity index (χ0n) is 13.9. The van der Waals surface area contributed by atoms with E-state index in [-0.39, 0.29) is 10.0 Å². The molecule has 11 heteroatoms. The van der Waals surface area contributed by atoms with Crippen molar-refractivity contribution in [3.8, 4) is 0 Å². The maximum absolute atomic E-state index is 12.3. The number of hydrogen-bond acceptors (Lipinski definition) is 8. The first-order chi connectivity index (χ1) is 12.3. The Morgan fingerprint density at radius 1 is 1.19 bits per heavy atom. The van der Waals surface area contributed by atoms with E-state index >= 15 is 0 Å². The number of aryl methyl sites for hydroxylation is 1. The van der Waals surface area contributed by atoms with Gasteiger partial charge in [-0.3, -0.25) is 9.52 Å². The normalized spacial score (nSPS) is 11.3. The van der Waals surface area contributed by atoms with Gasteiger partial charge in [0.1, 0.15) is 5.01 Å². The monoisotopic (exact) mass is 396 g/mol. The molecular formula is C15H16N4O5S2. The third-order valence-electron chi connectivity index (χ3n) is 3.00. The molecule has 9 nitrogen and oxygen atoms in total. The topological polar surface area (TPSA) is 127 Å². The van der Waals surface area contributed by atoms with Crippen molar-refractivity contribution < 1.29 is 22.7 Å². The van der Waals surface area contributed by atoms with Gasteiger partial charge in [0.15, 0.2) is 0 Å². The minimum atomic E-state index is -3.81. The Bertz CT molecular complexity index is 920. The number of amides is 1. The molecule has 0 fully saturated rings. The van der Waals surface area contributed by atoms with Crippen molar-refractivity contribution in [3.05, 3.63) is 41.4 Å². The van der Waals surface area contributed by atoms with Gasteiger partial charge in [0.2, 0.25) is 11.0 Å². The summed E-state index contributed by atoms with van der Waals surface area (Å²) in [6, 6.07) is 5.53. The highest BCUT2D eigenvalue weighted by atomic mass is 32.2. The van der Waals surface area contributed by atoms with Crippen LogP contribution < -0.4 is 10.0 Å². The van der Waals surface area contributed by atoms with Crippen molar-refractivity contribution in [2.75, 3.05) is 17.1 Å². The van der Waals surface area contributed by atoms with Crippen LogP contribution in [0.2, 0.25) is 0 Å². The average Bonchev–Trinajstić information content (AvgIpc) is 3.07. The minimum absolute atomic E-state index is 0.00819. The standard InChI is InChI=1S/C15H16N4O5S2/c1-3-13-17-18-15(25-13)19-26(22,23)11-6-4-10(5-7-11)16-12(20)8-9-14(21)24-2/h4-9H,3H2,1-2H3,(H,16,20)(H,18,19). The third-order valence-corrected chi connectivity index (χ3v) is 5.46. The number of esters is 1. The number of nitrogens with one attached hydrogen (secondary N) is 2. The summed E-state index contributed by atoms with van der Waals surface area (Å²) in [6.45, 7) is 1.90. The number of carbonyl (C=O) groups excluding carboxylic acids is 2. The summed E-state index contributed by atoms with van der Waals surface area (Å²) in [4.78, 5) is 22.6. The Labute approximate surface area is 154 Å². The maximum Gasteiger partial charge on any atom is 0.330 e. The lowest BCUT2D eigenvalue weighted by molar-refractivity contribution is -0.135. The van der Waals surface area contributed by atoms with Gasteiger partial charge in [-0.05, 0) is 30.7 Å². The fourth-order valence-corrected chi connectivity index (χ4v) is 3.63. The maximum atomic E-state index is 12.3. The van der Waals surface area contributed by atoms with Crippen molar-refractivity contribution in [1.82, 2.24) is 10.2 Å². The van der Waals surface area contributed by atoms with Gasteiger partial charge in [0.05, 0.1) is 12.0 Å². The van der Waals surface area contributed by atoms with Crippen LogP contribution in [0.25, 0.3) is 0 Å². The van der Waals surface area contributed by atoms with Crippen LogP contribution in [0, 0.1) is 0 Å².